The van der Waals surface area contributed by atoms with E-state index in [1.165, 1.54) is 23.3 Å². The zero-order valence-electron chi connectivity index (χ0n) is 17.2. The van der Waals surface area contributed by atoms with Gasteiger partial charge in [-0.05, 0) is 63.8 Å². The van der Waals surface area contributed by atoms with Crippen LogP contribution in [-0.2, 0) is 6.42 Å². The number of piperidine rings is 1. The van der Waals surface area contributed by atoms with Crippen LogP contribution in [0.3, 0.4) is 0 Å². The Balaban J connectivity index is 1.55. The highest BCUT2D eigenvalue weighted by atomic mass is 32.1. The third-order valence-electron chi connectivity index (χ3n) is 5.73. The molecule has 1 atom stereocenters. The van der Waals surface area contributed by atoms with E-state index in [1.54, 1.807) is 11.3 Å². The molecule has 4 heterocycles. The van der Waals surface area contributed by atoms with Gasteiger partial charge in [-0.1, -0.05) is 6.07 Å². The van der Waals surface area contributed by atoms with E-state index < -0.39 is 0 Å². The Kier molecular flexibility index (Phi) is 4.87. The highest BCUT2D eigenvalue weighted by molar-refractivity contribution is 7.15. The van der Waals surface area contributed by atoms with Crippen LogP contribution in [0.4, 0.5) is 0 Å². The first-order chi connectivity index (χ1) is 14.1. The topological polar surface area (TPSA) is 64.9 Å². The van der Waals surface area contributed by atoms with Crippen LogP contribution in [0.2, 0.25) is 0 Å². The van der Waals surface area contributed by atoms with Crippen molar-refractivity contribution in [3.8, 4) is 27.8 Å². The number of rotatable bonds is 3. The van der Waals surface area contributed by atoms with Gasteiger partial charge in [0.25, 0.3) is 0 Å². The molecule has 7 heteroatoms. The molecule has 29 heavy (non-hydrogen) atoms. The summed E-state index contributed by atoms with van der Waals surface area (Å²) in [5, 5.41) is 9.02. The molecule has 1 N–H and O–H groups in total. The SMILES string of the molecule is Cc1nc(-c2nc3c(s2)CCOc2cc(C4CCCNC4)ccc2-3)n(C(C)C)n1. The third-order valence-corrected chi connectivity index (χ3v) is 6.84. The van der Waals surface area contributed by atoms with Gasteiger partial charge in [-0.3, -0.25) is 0 Å². The van der Waals surface area contributed by atoms with Gasteiger partial charge in [0.15, 0.2) is 10.8 Å². The van der Waals surface area contributed by atoms with E-state index >= 15 is 0 Å². The molecule has 5 rings (SSSR count). The second-order valence-corrected chi connectivity index (χ2v) is 9.29. The zero-order valence-corrected chi connectivity index (χ0v) is 18.1. The van der Waals surface area contributed by atoms with Crippen molar-refractivity contribution in [1.29, 1.82) is 0 Å². The molecule has 0 amide bonds. The fraction of sp³-hybridized carbons (Fsp3) is 0.500. The van der Waals surface area contributed by atoms with E-state index in [-0.39, 0.29) is 6.04 Å². The van der Waals surface area contributed by atoms with E-state index in [2.05, 4.69) is 47.4 Å². The second-order valence-electron chi connectivity index (χ2n) is 8.21. The lowest BCUT2D eigenvalue weighted by Gasteiger charge is -2.23. The molecule has 0 aliphatic carbocycles. The number of aromatic nitrogens is 4. The number of nitrogens with one attached hydrogen (secondary N) is 1. The summed E-state index contributed by atoms with van der Waals surface area (Å²) in [6.07, 6.45) is 3.34. The van der Waals surface area contributed by atoms with Crippen molar-refractivity contribution in [3.05, 3.63) is 34.5 Å². The van der Waals surface area contributed by atoms with Gasteiger partial charge in [-0.2, -0.15) is 5.10 Å². The van der Waals surface area contributed by atoms with Crippen LogP contribution in [-0.4, -0.2) is 39.4 Å². The lowest BCUT2D eigenvalue weighted by Crippen LogP contribution is -2.28. The lowest BCUT2D eigenvalue weighted by atomic mass is 9.90. The van der Waals surface area contributed by atoms with Crippen LogP contribution >= 0.6 is 11.3 Å². The molecule has 1 aromatic carbocycles. The summed E-state index contributed by atoms with van der Waals surface area (Å²) in [5.41, 5.74) is 3.51. The summed E-state index contributed by atoms with van der Waals surface area (Å²) in [7, 11) is 0. The minimum Gasteiger partial charge on any atom is -0.492 e. The van der Waals surface area contributed by atoms with E-state index in [0.29, 0.717) is 12.5 Å². The molecule has 0 bridgehead atoms. The highest BCUT2D eigenvalue weighted by Crippen LogP contribution is 2.41. The summed E-state index contributed by atoms with van der Waals surface area (Å²) in [6, 6.07) is 6.94. The van der Waals surface area contributed by atoms with Crippen LogP contribution in [0.1, 0.15) is 54.9 Å². The number of benzene rings is 1. The summed E-state index contributed by atoms with van der Waals surface area (Å²) in [5.74, 6) is 3.18. The standard InChI is InChI=1S/C22H27N5OS/c1-13(2)27-21(24-14(3)26-27)22-25-20-17-7-6-15(16-5-4-9-23-12-16)11-18(17)28-10-8-19(20)29-22/h6-7,11,13,16,23H,4-5,8-10,12H2,1-3H3. The molecular formula is C22H27N5OS. The quantitative estimate of drug-likeness (QED) is 0.696. The molecule has 2 aliphatic heterocycles. The minimum atomic E-state index is 0.247. The Morgan fingerprint density at radius 2 is 2.17 bits per heavy atom. The molecule has 1 unspecified atom stereocenters. The van der Waals surface area contributed by atoms with Crippen LogP contribution in [0, 0.1) is 6.92 Å². The van der Waals surface area contributed by atoms with Gasteiger partial charge in [-0.25, -0.2) is 14.6 Å². The molecule has 6 nitrogen and oxygen atoms in total. The lowest BCUT2D eigenvalue weighted by molar-refractivity contribution is 0.326. The van der Waals surface area contributed by atoms with Gasteiger partial charge in [0.1, 0.15) is 11.6 Å². The largest absolute Gasteiger partial charge is 0.492 e. The molecule has 1 fully saturated rings. The molecule has 2 aromatic heterocycles. The molecule has 3 aromatic rings. The number of hydrogen-bond acceptors (Lipinski definition) is 6. The normalized spacial score (nSPS) is 18.8. The van der Waals surface area contributed by atoms with Crippen molar-refractivity contribution in [1.82, 2.24) is 25.1 Å². The first-order valence-corrected chi connectivity index (χ1v) is 11.3. The summed E-state index contributed by atoms with van der Waals surface area (Å²) in [4.78, 5) is 11.0. The number of fused-ring (bicyclic) bond motifs is 3. The second kappa shape index (κ2) is 7.54. The third kappa shape index (κ3) is 3.46. The van der Waals surface area contributed by atoms with Crippen molar-refractivity contribution in [3.63, 3.8) is 0 Å². The minimum absolute atomic E-state index is 0.247. The smallest absolute Gasteiger partial charge is 0.187 e. The number of hydrogen-bond donors (Lipinski definition) is 1. The summed E-state index contributed by atoms with van der Waals surface area (Å²) < 4.78 is 8.12. The average molecular weight is 410 g/mol. The van der Waals surface area contributed by atoms with E-state index in [0.717, 1.165) is 53.2 Å². The van der Waals surface area contributed by atoms with E-state index in [4.69, 9.17) is 9.72 Å². The van der Waals surface area contributed by atoms with Crippen LogP contribution in [0.25, 0.3) is 22.1 Å². The fourth-order valence-corrected chi connectivity index (χ4v) is 5.30. The maximum absolute atomic E-state index is 6.15. The molecule has 1 saturated heterocycles. The average Bonchev–Trinajstić information content (AvgIpc) is 3.28. The predicted octanol–water partition coefficient (Wildman–Crippen LogP) is 4.36. The van der Waals surface area contributed by atoms with Gasteiger partial charge in [0, 0.05) is 29.4 Å². The van der Waals surface area contributed by atoms with Gasteiger partial charge in [-0.15, -0.1) is 11.3 Å². The predicted molar refractivity (Wildman–Crippen MR) is 116 cm³/mol. The van der Waals surface area contributed by atoms with Crippen LogP contribution in [0.15, 0.2) is 18.2 Å². The van der Waals surface area contributed by atoms with E-state index in [9.17, 15) is 0 Å². The highest BCUT2D eigenvalue weighted by Gasteiger charge is 2.25. The van der Waals surface area contributed by atoms with Gasteiger partial charge >= 0.3 is 0 Å². The molecular weight excluding hydrogens is 382 g/mol. The molecule has 0 radical (unpaired) electrons. The number of nitrogens with zero attached hydrogens (tertiary/aromatic N) is 4. The van der Waals surface area contributed by atoms with Crippen molar-refractivity contribution in [2.45, 2.75) is 52.0 Å². The maximum Gasteiger partial charge on any atom is 0.187 e. The molecule has 0 spiro atoms. The monoisotopic (exact) mass is 409 g/mol. The Labute approximate surface area is 175 Å². The fourth-order valence-electron chi connectivity index (χ4n) is 4.26. The van der Waals surface area contributed by atoms with Gasteiger partial charge in [0.05, 0.1) is 12.3 Å². The zero-order chi connectivity index (χ0) is 20.0. The van der Waals surface area contributed by atoms with Crippen molar-refractivity contribution in [2.24, 2.45) is 0 Å². The maximum atomic E-state index is 6.15. The summed E-state index contributed by atoms with van der Waals surface area (Å²) in [6.45, 7) is 9.05. The Hall–Kier alpha value is -2.25. The molecule has 2 aliphatic rings. The van der Waals surface area contributed by atoms with Crippen molar-refractivity contribution >= 4 is 11.3 Å². The summed E-state index contributed by atoms with van der Waals surface area (Å²) >= 11 is 1.72. The number of ether oxygens (including phenoxy) is 1. The Morgan fingerprint density at radius 1 is 1.28 bits per heavy atom. The van der Waals surface area contributed by atoms with Crippen LogP contribution < -0.4 is 10.1 Å². The number of thiazole rings is 1. The van der Waals surface area contributed by atoms with E-state index in [1.807, 2.05) is 11.6 Å². The molecule has 152 valence electrons. The Bertz CT molecular complexity index is 1030. The van der Waals surface area contributed by atoms with Crippen molar-refractivity contribution < 1.29 is 4.74 Å². The van der Waals surface area contributed by atoms with Gasteiger partial charge < -0.3 is 10.1 Å². The Morgan fingerprint density at radius 3 is 2.97 bits per heavy atom. The number of aryl methyl sites for hydroxylation is 1. The van der Waals surface area contributed by atoms with Crippen LogP contribution in [0.5, 0.6) is 5.75 Å². The van der Waals surface area contributed by atoms with Gasteiger partial charge in [0.2, 0.25) is 0 Å². The molecule has 0 saturated carbocycles. The first-order valence-electron chi connectivity index (χ1n) is 10.5. The first kappa shape index (κ1) is 18.8. The van der Waals surface area contributed by atoms with Crippen molar-refractivity contribution in [2.75, 3.05) is 19.7 Å².